The highest BCUT2D eigenvalue weighted by Gasteiger charge is 2.30. The Balaban J connectivity index is 1.97. The molecule has 2 rings (SSSR count). The van der Waals surface area contributed by atoms with Gasteiger partial charge in [-0.15, -0.1) is 0 Å². The lowest BCUT2D eigenvalue weighted by atomic mass is 10.0. The van der Waals surface area contributed by atoms with E-state index in [9.17, 15) is 13.2 Å². The van der Waals surface area contributed by atoms with Gasteiger partial charge in [0.05, 0.1) is 5.56 Å². The van der Waals surface area contributed by atoms with Crippen LogP contribution < -0.4 is 5.73 Å². The maximum Gasteiger partial charge on any atom is 0.416 e. The van der Waals surface area contributed by atoms with Crippen molar-refractivity contribution in [2.75, 3.05) is 5.75 Å². The van der Waals surface area contributed by atoms with Gasteiger partial charge in [-0.3, -0.25) is 0 Å². The molecule has 1 aromatic rings. The molecule has 1 nitrogen and oxygen atoms in total. The van der Waals surface area contributed by atoms with Crippen molar-refractivity contribution < 1.29 is 13.2 Å². The van der Waals surface area contributed by atoms with Crippen molar-refractivity contribution in [3.8, 4) is 0 Å². The van der Waals surface area contributed by atoms with Gasteiger partial charge in [-0.25, -0.2) is 0 Å². The molecular formula is C13H16F3NS. The van der Waals surface area contributed by atoms with Crippen LogP contribution in [0, 0.1) is 0 Å². The first kappa shape index (κ1) is 13.7. The van der Waals surface area contributed by atoms with E-state index in [-0.39, 0.29) is 6.04 Å². The third kappa shape index (κ3) is 3.42. The second kappa shape index (κ2) is 5.53. The zero-order chi connectivity index (χ0) is 13.2. The van der Waals surface area contributed by atoms with Crippen LogP contribution in [0.3, 0.4) is 0 Å². The van der Waals surface area contributed by atoms with E-state index in [4.69, 9.17) is 5.73 Å². The van der Waals surface area contributed by atoms with E-state index < -0.39 is 11.7 Å². The Bertz CT molecular complexity index is 382. The molecule has 0 radical (unpaired) electrons. The molecule has 1 aromatic carbocycles. The van der Waals surface area contributed by atoms with Crippen LogP contribution in [-0.2, 0) is 12.6 Å². The number of alkyl halides is 3. The summed E-state index contributed by atoms with van der Waals surface area (Å²) in [4.78, 5) is 0. The number of hydrogen-bond donors (Lipinski definition) is 1. The number of benzene rings is 1. The van der Waals surface area contributed by atoms with Gasteiger partial charge in [-0.05, 0) is 42.7 Å². The Kier molecular flexibility index (Phi) is 4.22. The summed E-state index contributed by atoms with van der Waals surface area (Å²) >= 11 is 1.87. The lowest BCUT2D eigenvalue weighted by Crippen LogP contribution is -2.33. The highest BCUT2D eigenvalue weighted by Crippen LogP contribution is 2.31. The van der Waals surface area contributed by atoms with Gasteiger partial charge >= 0.3 is 6.18 Å². The molecule has 0 bridgehead atoms. The summed E-state index contributed by atoms with van der Waals surface area (Å²) in [5.41, 5.74) is 6.37. The van der Waals surface area contributed by atoms with Crippen molar-refractivity contribution in [1.29, 1.82) is 0 Å². The summed E-state index contributed by atoms with van der Waals surface area (Å²) in [6, 6.07) is 5.35. The van der Waals surface area contributed by atoms with Gasteiger partial charge in [0.1, 0.15) is 0 Å². The van der Waals surface area contributed by atoms with Crippen molar-refractivity contribution in [3.63, 3.8) is 0 Å². The quantitative estimate of drug-likeness (QED) is 0.914. The molecule has 1 saturated heterocycles. The molecule has 0 spiro atoms. The number of rotatable bonds is 3. The minimum absolute atomic E-state index is 0.0363. The van der Waals surface area contributed by atoms with Crippen LogP contribution in [0.2, 0.25) is 0 Å². The SMILES string of the molecule is NC(Cc1ccc(C(F)(F)F)cc1)C1CCCS1. The molecule has 2 unspecified atom stereocenters. The van der Waals surface area contributed by atoms with Crippen LogP contribution in [0.25, 0.3) is 0 Å². The van der Waals surface area contributed by atoms with Crippen LogP contribution in [-0.4, -0.2) is 17.0 Å². The lowest BCUT2D eigenvalue weighted by Gasteiger charge is -2.18. The molecule has 100 valence electrons. The first-order valence-electron chi connectivity index (χ1n) is 6.00. The molecule has 1 aliphatic rings. The van der Waals surface area contributed by atoms with Crippen molar-refractivity contribution in [2.24, 2.45) is 5.73 Å². The van der Waals surface area contributed by atoms with Gasteiger partial charge < -0.3 is 5.73 Å². The molecule has 0 aliphatic carbocycles. The lowest BCUT2D eigenvalue weighted by molar-refractivity contribution is -0.137. The van der Waals surface area contributed by atoms with E-state index in [1.54, 1.807) is 0 Å². The third-order valence-electron chi connectivity index (χ3n) is 3.20. The molecule has 18 heavy (non-hydrogen) atoms. The molecule has 1 aliphatic heterocycles. The van der Waals surface area contributed by atoms with Crippen LogP contribution in [0.15, 0.2) is 24.3 Å². The summed E-state index contributed by atoms with van der Waals surface area (Å²) in [7, 11) is 0. The minimum Gasteiger partial charge on any atom is -0.326 e. The number of halogens is 3. The normalized spacial score (nSPS) is 22.1. The van der Waals surface area contributed by atoms with Crippen LogP contribution in [0.1, 0.15) is 24.0 Å². The molecular weight excluding hydrogens is 259 g/mol. The fourth-order valence-corrected chi connectivity index (χ4v) is 3.49. The third-order valence-corrected chi connectivity index (χ3v) is 4.73. The van der Waals surface area contributed by atoms with E-state index in [0.29, 0.717) is 11.7 Å². The van der Waals surface area contributed by atoms with E-state index in [1.807, 2.05) is 11.8 Å². The first-order chi connectivity index (χ1) is 8.47. The van der Waals surface area contributed by atoms with E-state index >= 15 is 0 Å². The predicted octanol–water partition coefficient (Wildman–Crippen LogP) is 3.47. The summed E-state index contributed by atoms with van der Waals surface area (Å²) in [6.07, 6.45) is -1.31. The number of hydrogen-bond acceptors (Lipinski definition) is 2. The highest BCUT2D eigenvalue weighted by atomic mass is 32.2. The first-order valence-corrected chi connectivity index (χ1v) is 7.05. The largest absolute Gasteiger partial charge is 0.416 e. The molecule has 1 heterocycles. The van der Waals surface area contributed by atoms with E-state index in [0.717, 1.165) is 29.9 Å². The summed E-state index contributed by atoms with van der Waals surface area (Å²) in [5, 5.41) is 0.451. The summed E-state index contributed by atoms with van der Waals surface area (Å²) < 4.78 is 37.2. The maximum atomic E-state index is 12.4. The van der Waals surface area contributed by atoms with Crippen molar-refractivity contribution in [2.45, 2.75) is 36.7 Å². The van der Waals surface area contributed by atoms with Crippen molar-refractivity contribution in [3.05, 3.63) is 35.4 Å². The van der Waals surface area contributed by atoms with Crippen LogP contribution in [0.5, 0.6) is 0 Å². The van der Waals surface area contributed by atoms with Crippen LogP contribution in [0.4, 0.5) is 13.2 Å². The topological polar surface area (TPSA) is 26.0 Å². The molecule has 2 atom stereocenters. The second-order valence-corrected chi connectivity index (χ2v) is 5.96. The van der Waals surface area contributed by atoms with Crippen molar-refractivity contribution >= 4 is 11.8 Å². The predicted molar refractivity (Wildman–Crippen MR) is 68.6 cm³/mol. The van der Waals surface area contributed by atoms with Crippen LogP contribution >= 0.6 is 11.8 Å². The van der Waals surface area contributed by atoms with Gasteiger partial charge in [0, 0.05) is 11.3 Å². The molecule has 5 heteroatoms. The Hall–Kier alpha value is -0.680. The molecule has 0 aromatic heterocycles. The van der Waals surface area contributed by atoms with Crippen molar-refractivity contribution in [1.82, 2.24) is 0 Å². The molecule has 0 saturated carbocycles. The summed E-state index contributed by atoms with van der Waals surface area (Å²) in [5.74, 6) is 1.14. The fourth-order valence-electron chi connectivity index (χ4n) is 2.17. The number of nitrogens with two attached hydrogens (primary N) is 1. The fraction of sp³-hybridized carbons (Fsp3) is 0.538. The molecule has 0 amide bonds. The standard InChI is InChI=1S/C13H16F3NS/c14-13(15,16)10-5-3-9(4-6-10)8-11(17)12-2-1-7-18-12/h3-6,11-12H,1-2,7-8,17H2. The second-order valence-electron chi connectivity index (χ2n) is 4.61. The van der Waals surface area contributed by atoms with E-state index in [1.165, 1.54) is 18.6 Å². The summed E-state index contributed by atoms with van der Waals surface area (Å²) in [6.45, 7) is 0. The molecule has 1 fully saturated rings. The average molecular weight is 275 g/mol. The highest BCUT2D eigenvalue weighted by molar-refractivity contribution is 8.00. The van der Waals surface area contributed by atoms with Gasteiger partial charge in [0.25, 0.3) is 0 Å². The zero-order valence-corrected chi connectivity index (χ0v) is 10.7. The Labute approximate surface area is 109 Å². The average Bonchev–Trinajstić information content (AvgIpc) is 2.82. The Morgan fingerprint density at radius 3 is 2.44 bits per heavy atom. The van der Waals surface area contributed by atoms with Gasteiger partial charge in [-0.2, -0.15) is 24.9 Å². The smallest absolute Gasteiger partial charge is 0.326 e. The minimum atomic E-state index is -4.26. The van der Waals surface area contributed by atoms with Gasteiger partial charge in [0.15, 0.2) is 0 Å². The maximum absolute atomic E-state index is 12.4. The van der Waals surface area contributed by atoms with Gasteiger partial charge in [-0.1, -0.05) is 12.1 Å². The monoisotopic (exact) mass is 275 g/mol. The van der Waals surface area contributed by atoms with E-state index in [2.05, 4.69) is 0 Å². The number of thioether (sulfide) groups is 1. The molecule has 2 N–H and O–H groups in total. The Morgan fingerprint density at radius 1 is 1.28 bits per heavy atom. The Morgan fingerprint density at radius 2 is 1.94 bits per heavy atom. The van der Waals surface area contributed by atoms with Gasteiger partial charge in [0.2, 0.25) is 0 Å². The zero-order valence-electron chi connectivity index (χ0n) is 9.91.